The van der Waals surface area contributed by atoms with Crippen LogP contribution in [0.2, 0.25) is 5.02 Å². The molecule has 30 heavy (non-hydrogen) atoms. The highest BCUT2D eigenvalue weighted by atomic mass is 35.5. The van der Waals surface area contributed by atoms with Crippen LogP contribution in [0.1, 0.15) is 42.2 Å². The van der Waals surface area contributed by atoms with Crippen LogP contribution in [0.5, 0.6) is 0 Å². The summed E-state index contributed by atoms with van der Waals surface area (Å²) in [4.78, 5) is 21.1. The fraction of sp³-hybridized carbons (Fsp3) is 0.381. The second-order valence-corrected chi connectivity index (χ2v) is 9.73. The van der Waals surface area contributed by atoms with Crippen molar-refractivity contribution >= 4 is 40.1 Å². The maximum Gasteiger partial charge on any atom is 0.274 e. The number of carbonyl (C=O) groups excluding carboxylic acids is 1. The van der Waals surface area contributed by atoms with Crippen molar-refractivity contribution in [2.75, 3.05) is 18.5 Å². The molecule has 158 valence electrons. The van der Waals surface area contributed by atoms with E-state index in [0.29, 0.717) is 41.1 Å². The van der Waals surface area contributed by atoms with Crippen LogP contribution in [0, 0.1) is 5.82 Å². The molecule has 2 aliphatic heterocycles. The smallest absolute Gasteiger partial charge is 0.274 e. The van der Waals surface area contributed by atoms with E-state index in [2.05, 4.69) is 15.3 Å². The first kappa shape index (κ1) is 21.1. The van der Waals surface area contributed by atoms with Crippen LogP contribution >= 0.6 is 23.4 Å². The van der Waals surface area contributed by atoms with Gasteiger partial charge in [0.2, 0.25) is 0 Å². The minimum Gasteiger partial charge on any atom is -0.381 e. The van der Waals surface area contributed by atoms with Crippen LogP contribution in [0.4, 0.5) is 10.1 Å². The molecule has 1 spiro atoms. The fourth-order valence-corrected chi connectivity index (χ4v) is 5.62. The highest BCUT2D eigenvalue weighted by Crippen LogP contribution is 2.50. The maximum absolute atomic E-state index is 14.9. The van der Waals surface area contributed by atoms with Crippen molar-refractivity contribution < 1.29 is 13.9 Å². The van der Waals surface area contributed by atoms with E-state index in [9.17, 15) is 9.18 Å². The molecule has 3 N–H and O–H groups in total. The summed E-state index contributed by atoms with van der Waals surface area (Å²) in [6.45, 7) is 3.20. The summed E-state index contributed by atoms with van der Waals surface area (Å²) in [5.41, 5.74) is 6.41. The summed E-state index contributed by atoms with van der Waals surface area (Å²) in [5, 5.41) is 3.66. The number of nitrogens with two attached hydrogens (primary N) is 1. The molecule has 1 atom stereocenters. The molecule has 9 heteroatoms. The SMILES string of the molecule is C[C@@]1(c2cc(NC(=O)c3ccc(Cl)cn3)ccc2F)CC2(CCOCC2)SC(N)=N1. The van der Waals surface area contributed by atoms with E-state index < -0.39 is 11.4 Å². The Hall–Kier alpha value is -2.16. The van der Waals surface area contributed by atoms with Gasteiger partial charge in [-0.15, -0.1) is 0 Å². The number of nitrogens with zero attached hydrogens (tertiary/aromatic N) is 2. The Balaban J connectivity index is 1.63. The Labute approximate surface area is 183 Å². The van der Waals surface area contributed by atoms with Crippen molar-refractivity contribution in [2.24, 2.45) is 10.7 Å². The van der Waals surface area contributed by atoms with Gasteiger partial charge in [-0.25, -0.2) is 9.37 Å². The number of pyridine rings is 1. The summed E-state index contributed by atoms with van der Waals surface area (Å²) in [6, 6.07) is 7.61. The number of nitrogens with one attached hydrogen (secondary N) is 1. The van der Waals surface area contributed by atoms with Crippen molar-refractivity contribution in [1.82, 2.24) is 4.98 Å². The molecule has 1 aromatic heterocycles. The minimum absolute atomic E-state index is 0.127. The summed E-state index contributed by atoms with van der Waals surface area (Å²) in [5.74, 6) is -0.789. The number of halogens is 2. The van der Waals surface area contributed by atoms with Gasteiger partial charge in [-0.1, -0.05) is 23.4 Å². The van der Waals surface area contributed by atoms with Crippen LogP contribution in [-0.4, -0.2) is 34.0 Å². The minimum atomic E-state index is -0.837. The van der Waals surface area contributed by atoms with Gasteiger partial charge in [0.25, 0.3) is 5.91 Å². The number of hydrogen-bond acceptors (Lipinski definition) is 6. The third-order valence-electron chi connectivity index (χ3n) is 5.51. The predicted octanol–water partition coefficient (Wildman–Crippen LogP) is 4.34. The zero-order chi connectivity index (χ0) is 21.4. The van der Waals surface area contributed by atoms with Gasteiger partial charge in [-0.05, 0) is 56.5 Å². The third-order valence-corrected chi connectivity index (χ3v) is 7.02. The monoisotopic (exact) mass is 448 g/mol. The fourth-order valence-electron chi connectivity index (χ4n) is 4.09. The molecular formula is C21H22ClFN4O2S. The molecule has 4 rings (SSSR count). The lowest BCUT2D eigenvalue weighted by Gasteiger charge is -2.45. The molecule has 0 bridgehead atoms. The Kier molecular flexibility index (Phi) is 5.74. The van der Waals surface area contributed by atoms with Gasteiger partial charge in [0, 0.05) is 35.4 Å². The quantitative estimate of drug-likeness (QED) is 0.728. The third kappa shape index (κ3) is 4.31. The zero-order valence-corrected chi connectivity index (χ0v) is 18.0. The second kappa shape index (κ2) is 8.17. The van der Waals surface area contributed by atoms with Gasteiger partial charge >= 0.3 is 0 Å². The van der Waals surface area contributed by atoms with E-state index in [4.69, 9.17) is 22.1 Å². The molecular weight excluding hydrogens is 427 g/mol. The van der Waals surface area contributed by atoms with E-state index >= 15 is 0 Å². The summed E-state index contributed by atoms with van der Waals surface area (Å²) in [6.07, 6.45) is 3.72. The number of amidine groups is 1. The molecule has 0 aliphatic carbocycles. The molecule has 1 amide bonds. The molecule has 1 fully saturated rings. The molecule has 3 heterocycles. The number of aromatic nitrogens is 1. The van der Waals surface area contributed by atoms with Gasteiger partial charge in [-0.3, -0.25) is 9.79 Å². The van der Waals surface area contributed by atoms with Crippen molar-refractivity contribution in [3.05, 3.63) is 58.6 Å². The lowest BCUT2D eigenvalue weighted by atomic mass is 9.79. The Morgan fingerprint density at radius 2 is 2.07 bits per heavy atom. The molecule has 6 nitrogen and oxygen atoms in total. The number of carbonyl (C=O) groups is 1. The van der Waals surface area contributed by atoms with Gasteiger partial charge < -0.3 is 15.8 Å². The number of anilines is 1. The normalized spacial score (nSPS) is 23.1. The lowest BCUT2D eigenvalue weighted by Crippen LogP contribution is -2.45. The van der Waals surface area contributed by atoms with Crippen LogP contribution in [0.15, 0.2) is 41.5 Å². The van der Waals surface area contributed by atoms with Crippen LogP contribution < -0.4 is 11.1 Å². The van der Waals surface area contributed by atoms with E-state index in [0.717, 1.165) is 12.8 Å². The van der Waals surface area contributed by atoms with E-state index in [1.54, 1.807) is 23.9 Å². The van der Waals surface area contributed by atoms with E-state index in [-0.39, 0.29) is 16.3 Å². The van der Waals surface area contributed by atoms with Crippen LogP contribution in [0.25, 0.3) is 0 Å². The molecule has 2 aromatic rings. The zero-order valence-electron chi connectivity index (χ0n) is 16.5. The number of thioether (sulfide) groups is 1. The molecule has 1 saturated heterocycles. The highest BCUT2D eigenvalue weighted by molar-refractivity contribution is 8.15. The van der Waals surface area contributed by atoms with Crippen molar-refractivity contribution in [1.29, 1.82) is 0 Å². The van der Waals surface area contributed by atoms with Gasteiger partial charge in [0.15, 0.2) is 5.17 Å². The number of rotatable bonds is 3. The molecule has 0 saturated carbocycles. The highest BCUT2D eigenvalue weighted by Gasteiger charge is 2.46. The number of amides is 1. The largest absolute Gasteiger partial charge is 0.381 e. The summed E-state index contributed by atoms with van der Waals surface area (Å²) >= 11 is 7.38. The molecule has 2 aliphatic rings. The standard InChI is InChI=1S/C21H22ClFN4O2S/c1-20(12-21(30-19(24)27-20)6-8-29-9-7-21)15-10-14(3-4-16(15)23)26-18(28)17-5-2-13(22)11-25-17/h2-5,10-11H,6-9,12H2,1H3,(H2,24,27)(H,26,28)/t20-/m0/s1. The van der Waals surface area contributed by atoms with Crippen molar-refractivity contribution in [3.8, 4) is 0 Å². The molecule has 1 aromatic carbocycles. The number of hydrogen-bond donors (Lipinski definition) is 2. The topological polar surface area (TPSA) is 89.6 Å². The van der Waals surface area contributed by atoms with Gasteiger partial charge in [0.05, 0.1) is 10.6 Å². The van der Waals surface area contributed by atoms with E-state index in [1.165, 1.54) is 24.4 Å². The second-order valence-electron chi connectivity index (χ2n) is 7.81. The average Bonchev–Trinajstić information content (AvgIpc) is 2.69. The van der Waals surface area contributed by atoms with Crippen molar-refractivity contribution in [3.63, 3.8) is 0 Å². The number of ether oxygens (including phenoxy) is 1. The first-order valence-electron chi connectivity index (χ1n) is 9.64. The summed E-state index contributed by atoms with van der Waals surface area (Å²) < 4.78 is 20.3. The Morgan fingerprint density at radius 1 is 1.30 bits per heavy atom. The molecule has 0 radical (unpaired) electrons. The maximum atomic E-state index is 14.9. The Bertz CT molecular complexity index is 995. The Morgan fingerprint density at radius 3 is 2.77 bits per heavy atom. The number of aliphatic imine (C=N–C) groups is 1. The first-order valence-corrected chi connectivity index (χ1v) is 10.8. The predicted molar refractivity (Wildman–Crippen MR) is 118 cm³/mol. The lowest BCUT2D eigenvalue weighted by molar-refractivity contribution is 0.0690. The average molecular weight is 449 g/mol. The molecule has 0 unspecified atom stereocenters. The van der Waals surface area contributed by atoms with Crippen molar-refractivity contribution in [2.45, 2.75) is 36.5 Å². The number of benzene rings is 1. The van der Waals surface area contributed by atoms with Crippen LogP contribution in [0.3, 0.4) is 0 Å². The first-order chi connectivity index (χ1) is 14.3. The van der Waals surface area contributed by atoms with Gasteiger partial charge in [-0.2, -0.15) is 0 Å². The van der Waals surface area contributed by atoms with Gasteiger partial charge in [0.1, 0.15) is 11.5 Å². The van der Waals surface area contributed by atoms with E-state index in [1.807, 2.05) is 6.92 Å². The van der Waals surface area contributed by atoms with Crippen LogP contribution in [-0.2, 0) is 10.3 Å². The summed E-state index contributed by atoms with van der Waals surface area (Å²) in [7, 11) is 0.